The fraction of sp³-hybridized carbons (Fsp3) is 0.926. The second-order valence-electron chi connectivity index (χ2n) is 9.20. The molecule has 0 fully saturated rings. The molecule has 0 aromatic carbocycles. The van der Waals surface area contributed by atoms with Crippen LogP contribution in [0.4, 0.5) is 0 Å². The molecule has 0 radical (unpaired) electrons. The summed E-state index contributed by atoms with van der Waals surface area (Å²) in [6.45, 7) is 10.8. The predicted molar refractivity (Wildman–Crippen MR) is 142 cm³/mol. The first-order chi connectivity index (χ1) is 14.2. The van der Waals surface area contributed by atoms with Gasteiger partial charge in [-0.1, -0.05) is 104 Å². The SMILES string of the molecule is C#CC(I)[N+](CCCC)(CCCCCCCCCC)CCCCCCCCCC. The molecule has 0 aromatic heterocycles. The van der Waals surface area contributed by atoms with E-state index in [1.807, 2.05) is 0 Å². The number of rotatable bonds is 22. The second-order valence-corrected chi connectivity index (χ2v) is 10.4. The summed E-state index contributed by atoms with van der Waals surface area (Å²) in [6.07, 6.45) is 31.0. The van der Waals surface area contributed by atoms with Gasteiger partial charge in [-0.15, -0.1) is 6.42 Å². The van der Waals surface area contributed by atoms with Gasteiger partial charge in [0.2, 0.25) is 4.05 Å². The summed E-state index contributed by atoms with van der Waals surface area (Å²) >= 11 is 2.56. The normalized spacial score (nSPS) is 12.8. The number of hydrogen-bond donors (Lipinski definition) is 0. The average Bonchev–Trinajstić information content (AvgIpc) is 2.74. The smallest absolute Gasteiger partial charge is 0.200 e. The van der Waals surface area contributed by atoms with Gasteiger partial charge in [0.15, 0.2) is 0 Å². The van der Waals surface area contributed by atoms with Gasteiger partial charge in [0.05, 0.1) is 19.6 Å². The molecule has 0 saturated carbocycles. The van der Waals surface area contributed by atoms with E-state index in [0.717, 1.165) is 0 Å². The van der Waals surface area contributed by atoms with E-state index >= 15 is 0 Å². The van der Waals surface area contributed by atoms with Crippen LogP contribution in [-0.4, -0.2) is 28.2 Å². The van der Waals surface area contributed by atoms with E-state index in [9.17, 15) is 0 Å². The van der Waals surface area contributed by atoms with Crippen LogP contribution in [0, 0.1) is 12.3 Å². The van der Waals surface area contributed by atoms with Crippen LogP contribution in [0.25, 0.3) is 0 Å². The van der Waals surface area contributed by atoms with Gasteiger partial charge in [0, 0.05) is 22.6 Å². The van der Waals surface area contributed by atoms with Crippen molar-refractivity contribution in [3.8, 4) is 12.3 Å². The van der Waals surface area contributed by atoms with Gasteiger partial charge in [-0.05, 0) is 38.0 Å². The summed E-state index contributed by atoms with van der Waals surface area (Å²) in [5.41, 5.74) is 0. The van der Waals surface area contributed by atoms with Crippen molar-refractivity contribution in [2.24, 2.45) is 0 Å². The van der Waals surface area contributed by atoms with Crippen LogP contribution in [0.15, 0.2) is 0 Å². The highest BCUT2D eigenvalue weighted by atomic mass is 127. The molecule has 1 atom stereocenters. The Labute approximate surface area is 198 Å². The molecular formula is C27H53IN+. The average molecular weight is 519 g/mol. The number of quaternary nitrogens is 1. The third-order valence-corrected chi connectivity index (χ3v) is 8.03. The molecule has 0 amide bonds. The van der Waals surface area contributed by atoms with Crippen molar-refractivity contribution in [1.29, 1.82) is 0 Å². The first kappa shape index (κ1) is 29.2. The Bertz CT molecular complexity index is 353. The van der Waals surface area contributed by atoms with Crippen molar-refractivity contribution in [3.05, 3.63) is 0 Å². The van der Waals surface area contributed by atoms with E-state index < -0.39 is 0 Å². The highest BCUT2D eigenvalue weighted by Crippen LogP contribution is 2.25. The lowest BCUT2D eigenvalue weighted by Crippen LogP contribution is -2.54. The zero-order valence-electron chi connectivity index (χ0n) is 20.3. The number of halogens is 1. The van der Waals surface area contributed by atoms with Crippen molar-refractivity contribution in [2.75, 3.05) is 19.6 Å². The summed E-state index contributed by atoms with van der Waals surface area (Å²) in [5, 5.41) is 0. The summed E-state index contributed by atoms with van der Waals surface area (Å²) in [6, 6.07) is 0. The number of terminal acetylenes is 1. The molecule has 0 rings (SSSR count). The first-order valence-electron chi connectivity index (χ1n) is 13.1. The van der Waals surface area contributed by atoms with Crippen molar-refractivity contribution in [3.63, 3.8) is 0 Å². The number of alkyl halides is 1. The van der Waals surface area contributed by atoms with Gasteiger partial charge in [-0.25, -0.2) is 0 Å². The van der Waals surface area contributed by atoms with Gasteiger partial charge < -0.3 is 4.48 Å². The molecule has 0 N–H and O–H groups in total. The maximum atomic E-state index is 5.95. The third kappa shape index (κ3) is 15.7. The lowest BCUT2D eigenvalue weighted by atomic mass is 10.1. The molecule has 0 aliphatic carbocycles. The van der Waals surface area contributed by atoms with Gasteiger partial charge in [0.1, 0.15) is 0 Å². The largest absolute Gasteiger partial charge is 0.303 e. The maximum absolute atomic E-state index is 5.95. The second kappa shape index (κ2) is 21.5. The van der Waals surface area contributed by atoms with Crippen molar-refractivity contribution in [1.82, 2.24) is 0 Å². The molecule has 1 unspecified atom stereocenters. The Morgan fingerprint density at radius 1 is 0.552 bits per heavy atom. The molecule has 172 valence electrons. The fourth-order valence-electron chi connectivity index (χ4n) is 4.43. The lowest BCUT2D eigenvalue weighted by molar-refractivity contribution is -0.927. The Kier molecular flexibility index (Phi) is 21.7. The van der Waals surface area contributed by atoms with Crippen molar-refractivity contribution in [2.45, 2.75) is 140 Å². The van der Waals surface area contributed by atoms with Gasteiger partial charge >= 0.3 is 0 Å². The van der Waals surface area contributed by atoms with Crippen LogP contribution in [0.5, 0.6) is 0 Å². The monoisotopic (exact) mass is 518 g/mol. The minimum atomic E-state index is 0.341. The number of unbranched alkanes of at least 4 members (excludes halogenated alkanes) is 15. The zero-order valence-corrected chi connectivity index (χ0v) is 22.5. The molecule has 29 heavy (non-hydrogen) atoms. The predicted octanol–water partition coefficient (Wildman–Crippen LogP) is 9.28. The minimum absolute atomic E-state index is 0.341. The molecular weight excluding hydrogens is 465 g/mol. The Morgan fingerprint density at radius 3 is 1.21 bits per heavy atom. The van der Waals surface area contributed by atoms with Crippen LogP contribution < -0.4 is 0 Å². The standard InChI is InChI=1S/C27H53IN/c1-5-9-12-14-16-18-20-22-25-29(24-11-7-3,27(28)8-4)26-23-21-19-17-15-13-10-6-2/h4,27H,5-7,9-26H2,1-3H3/q+1. The van der Waals surface area contributed by atoms with Crippen molar-refractivity contribution >= 4 is 22.6 Å². The molecule has 0 aliphatic heterocycles. The highest BCUT2D eigenvalue weighted by molar-refractivity contribution is 14.1. The molecule has 2 heteroatoms. The van der Waals surface area contributed by atoms with Gasteiger partial charge in [-0.3, -0.25) is 0 Å². The van der Waals surface area contributed by atoms with Crippen LogP contribution >= 0.6 is 22.6 Å². The molecule has 0 spiro atoms. The Hall–Kier alpha value is 0.250. The Balaban J connectivity index is 4.36. The third-order valence-electron chi connectivity index (χ3n) is 6.49. The topological polar surface area (TPSA) is 0 Å². The van der Waals surface area contributed by atoms with Crippen molar-refractivity contribution < 1.29 is 4.48 Å². The van der Waals surface area contributed by atoms with Gasteiger partial charge in [0.25, 0.3) is 0 Å². The highest BCUT2D eigenvalue weighted by Gasteiger charge is 2.32. The molecule has 0 aromatic rings. The van der Waals surface area contributed by atoms with Crippen LogP contribution in [-0.2, 0) is 0 Å². The quantitative estimate of drug-likeness (QED) is 0.0335. The minimum Gasteiger partial charge on any atom is -0.303 e. The fourth-order valence-corrected chi connectivity index (χ4v) is 5.26. The van der Waals surface area contributed by atoms with Crippen LogP contribution in [0.3, 0.4) is 0 Å². The number of nitrogens with zero attached hydrogens (tertiary/aromatic N) is 1. The van der Waals surface area contributed by atoms with E-state index in [1.165, 1.54) is 140 Å². The molecule has 0 aliphatic rings. The first-order valence-corrected chi connectivity index (χ1v) is 14.4. The zero-order chi connectivity index (χ0) is 21.6. The summed E-state index contributed by atoms with van der Waals surface area (Å²) in [4.78, 5) is 0. The summed E-state index contributed by atoms with van der Waals surface area (Å²) in [5.74, 6) is 3.12. The van der Waals surface area contributed by atoms with E-state index in [1.54, 1.807) is 0 Å². The Morgan fingerprint density at radius 2 is 0.862 bits per heavy atom. The van der Waals surface area contributed by atoms with E-state index in [2.05, 4.69) is 49.3 Å². The van der Waals surface area contributed by atoms with Crippen LogP contribution in [0.1, 0.15) is 136 Å². The van der Waals surface area contributed by atoms with E-state index in [4.69, 9.17) is 6.42 Å². The molecule has 1 nitrogen and oxygen atoms in total. The summed E-state index contributed by atoms with van der Waals surface area (Å²) in [7, 11) is 0. The molecule has 0 bridgehead atoms. The van der Waals surface area contributed by atoms with E-state index in [-0.39, 0.29) is 0 Å². The molecule has 0 heterocycles. The van der Waals surface area contributed by atoms with E-state index in [0.29, 0.717) is 4.05 Å². The maximum Gasteiger partial charge on any atom is 0.200 e. The lowest BCUT2D eigenvalue weighted by Gasteiger charge is -2.41. The summed E-state index contributed by atoms with van der Waals surface area (Å²) < 4.78 is 1.52. The molecule has 0 saturated heterocycles. The number of hydrogen-bond acceptors (Lipinski definition) is 0. The van der Waals surface area contributed by atoms with Gasteiger partial charge in [-0.2, -0.15) is 0 Å². The van der Waals surface area contributed by atoms with Crippen LogP contribution in [0.2, 0.25) is 0 Å².